The Hall–Kier alpha value is -1.65. The van der Waals surface area contributed by atoms with Gasteiger partial charge in [0.1, 0.15) is 5.03 Å². The Labute approximate surface area is 163 Å². The molecule has 5 nitrogen and oxygen atoms in total. The van der Waals surface area contributed by atoms with Crippen LogP contribution in [0.2, 0.25) is 0 Å². The van der Waals surface area contributed by atoms with Crippen molar-refractivity contribution in [3.05, 3.63) is 35.0 Å². The molecule has 0 saturated carbocycles. The minimum absolute atomic E-state index is 0.124. The van der Waals surface area contributed by atoms with Gasteiger partial charge in [-0.1, -0.05) is 6.92 Å². The van der Waals surface area contributed by atoms with E-state index >= 15 is 0 Å². The molecule has 1 N–H and O–H groups in total. The maximum Gasteiger partial charge on any atom is 0.447 e. The highest BCUT2D eigenvalue weighted by atomic mass is 32.2. The van der Waals surface area contributed by atoms with Crippen LogP contribution in [0.4, 0.5) is 18.3 Å². The van der Waals surface area contributed by atoms with Crippen molar-refractivity contribution in [3.8, 4) is 0 Å². The number of hydrogen-bond donors (Lipinski definition) is 1. The molecule has 146 valence electrons. The molecule has 0 spiro atoms. The standard InChI is InChI=1S/C17H19F3N4OS2/c1-11-4-3-7-24(8-11)9-12-10-26-16(22-12)23-14(25)13-5-2-6-21-15(13)27-17(18,19)20/h2,5-6,10-11H,3-4,7-9H2,1H3,(H,22,23,25). The highest BCUT2D eigenvalue weighted by Gasteiger charge is 2.32. The summed E-state index contributed by atoms with van der Waals surface area (Å²) < 4.78 is 37.9. The highest BCUT2D eigenvalue weighted by molar-refractivity contribution is 8.00. The molecule has 3 rings (SSSR count). The molecule has 1 atom stereocenters. The van der Waals surface area contributed by atoms with E-state index in [-0.39, 0.29) is 10.6 Å². The normalized spacial score (nSPS) is 18.4. The Morgan fingerprint density at radius 2 is 2.30 bits per heavy atom. The van der Waals surface area contributed by atoms with E-state index in [4.69, 9.17) is 0 Å². The van der Waals surface area contributed by atoms with Gasteiger partial charge in [-0.15, -0.1) is 11.3 Å². The van der Waals surface area contributed by atoms with Crippen LogP contribution in [0.3, 0.4) is 0 Å². The molecular weight excluding hydrogens is 397 g/mol. The number of rotatable bonds is 5. The number of carbonyl (C=O) groups is 1. The minimum Gasteiger partial charge on any atom is -0.298 e. The number of amides is 1. The predicted molar refractivity (Wildman–Crippen MR) is 99.9 cm³/mol. The summed E-state index contributed by atoms with van der Waals surface area (Å²) >= 11 is 0.861. The lowest BCUT2D eigenvalue weighted by Gasteiger charge is -2.30. The number of thioether (sulfide) groups is 1. The number of alkyl halides is 3. The van der Waals surface area contributed by atoms with Gasteiger partial charge in [0.2, 0.25) is 0 Å². The molecule has 3 heterocycles. The largest absolute Gasteiger partial charge is 0.447 e. The molecule has 0 aliphatic carbocycles. The number of pyridine rings is 1. The van der Waals surface area contributed by atoms with Crippen LogP contribution in [0.25, 0.3) is 0 Å². The van der Waals surface area contributed by atoms with Crippen molar-refractivity contribution in [1.29, 1.82) is 0 Å². The third-order valence-corrected chi connectivity index (χ3v) is 5.68. The summed E-state index contributed by atoms with van der Waals surface area (Å²) in [6.45, 7) is 4.98. The van der Waals surface area contributed by atoms with E-state index in [1.54, 1.807) is 0 Å². The molecule has 0 bridgehead atoms. The maximum atomic E-state index is 12.6. The zero-order valence-electron chi connectivity index (χ0n) is 14.6. The van der Waals surface area contributed by atoms with E-state index in [0.29, 0.717) is 17.6 Å². The van der Waals surface area contributed by atoms with Gasteiger partial charge < -0.3 is 0 Å². The van der Waals surface area contributed by atoms with Crippen LogP contribution in [0.5, 0.6) is 0 Å². The lowest BCUT2D eigenvalue weighted by molar-refractivity contribution is -0.0329. The van der Waals surface area contributed by atoms with E-state index in [9.17, 15) is 18.0 Å². The third-order valence-electron chi connectivity index (χ3n) is 4.13. The van der Waals surface area contributed by atoms with E-state index in [1.165, 1.54) is 36.1 Å². The second-order valence-electron chi connectivity index (χ2n) is 6.48. The maximum absolute atomic E-state index is 12.6. The van der Waals surface area contributed by atoms with E-state index in [1.807, 2.05) is 5.38 Å². The van der Waals surface area contributed by atoms with Crippen LogP contribution in [0.15, 0.2) is 28.7 Å². The first kappa shape index (κ1) is 20.1. The number of hydrogen-bond acceptors (Lipinski definition) is 6. The zero-order valence-corrected chi connectivity index (χ0v) is 16.3. The number of nitrogens with zero attached hydrogens (tertiary/aromatic N) is 3. The SMILES string of the molecule is CC1CCCN(Cc2csc(NC(=O)c3cccnc3SC(F)(F)F)n2)C1. The van der Waals surface area contributed by atoms with Crippen molar-refractivity contribution in [3.63, 3.8) is 0 Å². The fourth-order valence-electron chi connectivity index (χ4n) is 3.02. The number of nitrogens with one attached hydrogen (secondary N) is 1. The van der Waals surface area contributed by atoms with Crippen molar-refractivity contribution >= 4 is 34.1 Å². The van der Waals surface area contributed by atoms with Crippen molar-refractivity contribution in [2.75, 3.05) is 18.4 Å². The number of halogens is 3. The molecule has 2 aromatic heterocycles. The van der Waals surface area contributed by atoms with Crippen LogP contribution in [0.1, 0.15) is 35.8 Å². The molecule has 1 aliphatic rings. The minimum atomic E-state index is -4.51. The number of thiazole rings is 1. The van der Waals surface area contributed by atoms with Gasteiger partial charge in [0.05, 0.1) is 11.3 Å². The number of likely N-dealkylation sites (tertiary alicyclic amines) is 1. The molecule has 1 amide bonds. The first-order chi connectivity index (χ1) is 12.8. The molecule has 1 fully saturated rings. The fraction of sp³-hybridized carbons (Fsp3) is 0.471. The molecule has 1 aliphatic heterocycles. The summed E-state index contributed by atoms with van der Waals surface area (Å²) in [7, 11) is 0. The van der Waals surface area contributed by atoms with Gasteiger partial charge in [-0.05, 0) is 37.4 Å². The smallest absolute Gasteiger partial charge is 0.298 e. The first-order valence-electron chi connectivity index (χ1n) is 8.49. The number of carbonyl (C=O) groups excluding carboxylic acids is 1. The molecule has 27 heavy (non-hydrogen) atoms. The third kappa shape index (κ3) is 5.91. The zero-order chi connectivity index (χ0) is 19.4. The van der Waals surface area contributed by atoms with E-state index in [0.717, 1.165) is 25.2 Å². The van der Waals surface area contributed by atoms with Crippen LogP contribution >= 0.6 is 23.1 Å². The second kappa shape index (κ2) is 8.57. The van der Waals surface area contributed by atoms with Gasteiger partial charge in [0.25, 0.3) is 5.91 Å². The van der Waals surface area contributed by atoms with Gasteiger partial charge in [-0.2, -0.15) is 13.2 Å². The van der Waals surface area contributed by atoms with Crippen molar-refractivity contribution in [2.45, 2.75) is 36.8 Å². The van der Waals surface area contributed by atoms with Crippen molar-refractivity contribution < 1.29 is 18.0 Å². The molecule has 0 aromatic carbocycles. The quantitative estimate of drug-likeness (QED) is 0.720. The summed E-state index contributed by atoms with van der Waals surface area (Å²) in [5.41, 5.74) is -3.79. The van der Waals surface area contributed by atoms with E-state index in [2.05, 4.69) is 27.1 Å². The Morgan fingerprint density at radius 3 is 3.04 bits per heavy atom. The lowest BCUT2D eigenvalue weighted by atomic mass is 10.0. The Kier molecular flexibility index (Phi) is 6.38. The predicted octanol–water partition coefficient (Wildman–Crippen LogP) is 4.63. The molecule has 1 unspecified atom stereocenters. The Morgan fingerprint density at radius 1 is 1.48 bits per heavy atom. The highest BCUT2D eigenvalue weighted by Crippen LogP contribution is 2.37. The summed E-state index contributed by atoms with van der Waals surface area (Å²) in [6, 6.07) is 2.75. The lowest BCUT2D eigenvalue weighted by Crippen LogP contribution is -2.33. The monoisotopic (exact) mass is 416 g/mol. The van der Waals surface area contributed by atoms with Gasteiger partial charge in [0.15, 0.2) is 5.13 Å². The van der Waals surface area contributed by atoms with Crippen LogP contribution in [0, 0.1) is 5.92 Å². The van der Waals surface area contributed by atoms with Gasteiger partial charge in [-0.3, -0.25) is 15.0 Å². The van der Waals surface area contributed by atoms with Crippen molar-refractivity contribution in [1.82, 2.24) is 14.9 Å². The fourth-order valence-corrected chi connectivity index (χ4v) is 4.32. The molecule has 10 heteroatoms. The van der Waals surface area contributed by atoms with Crippen LogP contribution < -0.4 is 5.32 Å². The summed E-state index contributed by atoms with van der Waals surface area (Å²) in [6.07, 6.45) is 3.62. The summed E-state index contributed by atoms with van der Waals surface area (Å²) in [5.74, 6) is 0.00837. The number of aromatic nitrogens is 2. The van der Waals surface area contributed by atoms with Gasteiger partial charge >= 0.3 is 5.51 Å². The number of piperidine rings is 1. The van der Waals surface area contributed by atoms with E-state index < -0.39 is 23.2 Å². The number of anilines is 1. The summed E-state index contributed by atoms with van der Waals surface area (Å²) in [5, 5.41) is 4.44. The first-order valence-corrected chi connectivity index (χ1v) is 10.2. The Balaban J connectivity index is 1.64. The van der Waals surface area contributed by atoms with Gasteiger partial charge in [-0.25, -0.2) is 9.97 Å². The average Bonchev–Trinajstić information content (AvgIpc) is 3.00. The molecule has 0 radical (unpaired) electrons. The molecule has 1 saturated heterocycles. The average molecular weight is 416 g/mol. The summed E-state index contributed by atoms with van der Waals surface area (Å²) in [4.78, 5) is 22.8. The van der Waals surface area contributed by atoms with Gasteiger partial charge in [0, 0.05) is 36.4 Å². The Bertz CT molecular complexity index is 796. The van der Waals surface area contributed by atoms with Crippen LogP contribution in [-0.4, -0.2) is 39.4 Å². The molecular formula is C17H19F3N4OS2. The van der Waals surface area contributed by atoms with Crippen LogP contribution in [-0.2, 0) is 6.54 Å². The topological polar surface area (TPSA) is 58.1 Å². The molecule has 2 aromatic rings. The van der Waals surface area contributed by atoms with Crippen molar-refractivity contribution in [2.24, 2.45) is 5.92 Å². The second-order valence-corrected chi connectivity index (χ2v) is 8.40.